The van der Waals surface area contributed by atoms with Crippen molar-refractivity contribution < 1.29 is 17.8 Å². The normalized spacial score (nSPS) is 11.1. The number of benzene rings is 2. The zero-order valence-electron chi connectivity index (χ0n) is 10.5. The van der Waals surface area contributed by atoms with E-state index in [1.807, 2.05) is 30.3 Å². The molecule has 0 atom stereocenters. The van der Waals surface area contributed by atoms with Crippen LogP contribution >= 0.6 is 0 Å². The number of anilines is 1. The maximum atomic E-state index is 11.3. The zero-order chi connectivity index (χ0) is 14.6. The fraction of sp³-hybridized carbons (Fsp3) is 0.0714. The highest BCUT2D eigenvalue weighted by Gasteiger charge is 2.16. The molecule has 5 nitrogen and oxygen atoms in total. The van der Waals surface area contributed by atoms with Gasteiger partial charge >= 0.3 is 0 Å². The Hall–Kier alpha value is -2.18. The van der Waals surface area contributed by atoms with Crippen molar-refractivity contribution in [3.05, 3.63) is 59.7 Å². The molecule has 2 aromatic rings. The SMILES string of the molecule is O=Cc1ccc(NCc2ccccc2)c(S(=O)(=O)O)c1. The van der Waals surface area contributed by atoms with E-state index in [0.717, 1.165) is 11.6 Å². The molecule has 0 spiro atoms. The van der Waals surface area contributed by atoms with Gasteiger partial charge in [0.1, 0.15) is 11.2 Å². The van der Waals surface area contributed by atoms with Gasteiger partial charge in [0.15, 0.2) is 0 Å². The van der Waals surface area contributed by atoms with Gasteiger partial charge in [0.05, 0.1) is 5.69 Å². The molecular formula is C14H13NO4S. The van der Waals surface area contributed by atoms with Gasteiger partial charge in [-0.1, -0.05) is 30.3 Å². The molecular weight excluding hydrogens is 278 g/mol. The van der Waals surface area contributed by atoms with Crippen LogP contribution in [0.25, 0.3) is 0 Å². The van der Waals surface area contributed by atoms with E-state index in [1.54, 1.807) is 0 Å². The van der Waals surface area contributed by atoms with Crippen LogP contribution in [0.15, 0.2) is 53.4 Å². The van der Waals surface area contributed by atoms with Crippen molar-refractivity contribution in [2.45, 2.75) is 11.4 Å². The highest BCUT2D eigenvalue weighted by atomic mass is 32.2. The summed E-state index contributed by atoms with van der Waals surface area (Å²) in [6, 6.07) is 13.5. The fourth-order valence-electron chi connectivity index (χ4n) is 1.76. The molecule has 0 aliphatic heterocycles. The first-order chi connectivity index (χ1) is 9.50. The first kappa shape index (κ1) is 14.2. The molecule has 0 unspecified atom stereocenters. The summed E-state index contributed by atoms with van der Waals surface area (Å²) in [5, 5.41) is 2.93. The zero-order valence-corrected chi connectivity index (χ0v) is 11.3. The first-order valence-corrected chi connectivity index (χ1v) is 7.29. The average molecular weight is 291 g/mol. The summed E-state index contributed by atoms with van der Waals surface area (Å²) in [7, 11) is -4.39. The Balaban J connectivity index is 2.30. The Morgan fingerprint density at radius 1 is 1.10 bits per heavy atom. The third kappa shape index (κ3) is 3.43. The largest absolute Gasteiger partial charge is 0.380 e. The van der Waals surface area contributed by atoms with Gasteiger partial charge in [-0.3, -0.25) is 9.35 Å². The molecule has 0 saturated carbocycles. The van der Waals surface area contributed by atoms with Gasteiger partial charge in [0.2, 0.25) is 0 Å². The van der Waals surface area contributed by atoms with Gasteiger partial charge in [0, 0.05) is 12.1 Å². The van der Waals surface area contributed by atoms with E-state index in [1.165, 1.54) is 12.1 Å². The number of carbonyl (C=O) groups excluding carboxylic acids is 1. The van der Waals surface area contributed by atoms with E-state index < -0.39 is 10.1 Å². The molecule has 0 saturated heterocycles. The van der Waals surface area contributed by atoms with E-state index in [9.17, 15) is 17.8 Å². The summed E-state index contributed by atoms with van der Waals surface area (Å²) in [5.41, 5.74) is 1.40. The highest BCUT2D eigenvalue weighted by molar-refractivity contribution is 7.86. The molecule has 104 valence electrons. The molecule has 20 heavy (non-hydrogen) atoms. The molecule has 0 bridgehead atoms. The van der Waals surface area contributed by atoms with Crippen molar-refractivity contribution in [1.82, 2.24) is 0 Å². The summed E-state index contributed by atoms with van der Waals surface area (Å²) in [4.78, 5) is 10.4. The Kier molecular flexibility index (Phi) is 4.16. The Morgan fingerprint density at radius 2 is 1.80 bits per heavy atom. The van der Waals surface area contributed by atoms with Crippen molar-refractivity contribution in [2.75, 3.05) is 5.32 Å². The molecule has 0 aromatic heterocycles. The van der Waals surface area contributed by atoms with Crippen molar-refractivity contribution >= 4 is 22.1 Å². The van der Waals surface area contributed by atoms with Gasteiger partial charge in [-0.15, -0.1) is 0 Å². The van der Waals surface area contributed by atoms with E-state index in [-0.39, 0.29) is 16.1 Å². The quantitative estimate of drug-likeness (QED) is 0.652. The topological polar surface area (TPSA) is 83.5 Å². The minimum absolute atomic E-state index is 0.183. The number of rotatable bonds is 5. The second-order valence-corrected chi connectivity index (χ2v) is 5.58. The number of aldehydes is 1. The molecule has 0 amide bonds. The van der Waals surface area contributed by atoms with Gasteiger partial charge in [0.25, 0.3) is 10.1 Å². The lowest BCUT2D eigenvalue weighted by Crippen LogP contribution is -2.07. The predicted octanol–water partition coefficient (Wildman–Crippen LogP) is 2.36. The summed E-state index contributed by atoms with van der Waals surface area (Å²) < 4.78 is 31.9. The van der Waals surface area contributed by atoms with E-state index in [0.29, 0.717) is 12.8 Å². The lowest BCUT2D eigenvalue weighted by molar-refractivity contribution is 0.112. The van der Waals surface area contributed by atoms with E-state index in [2.05, 4.69) is 5.32 Å². The van der Waals surface area contributed by atoms with Crippen LogP contribution in [0.2, 0.25) is 0 Å². The monoisotopic (exact) mass is 291 g/mol. The first-order valence-electron chi connectivity index (χ1n) is 5.85. The van der Waals surface area contributed by atoms with Crippen LogP contribution in [0, 0.1) is 0 Å². The molecule has 0 fully saturated rings. The summed E-state index contributed by atoms with van der Waals surface area (Å²) in [6.45, 7) is 0.407. The van der Waals surface area contributed by atoms with Crippen molar-refractivity contribution in [3.8, 4) is 0 Å². The number of nitrogens with one attached hydrogen (secondary N) is 1. The Labute approximate surface area is 117 Å². The lowest BCUT2D eigenvalue weighted by atomic mass is 10.2. The Morgan fingerprint density at radius 3 is 2.40 bits per heavy atom. The predicted molar refractivity (Wildman–Crippen MR) is 75.4 cm³/mol. The van der Waals surface area contributed by atoms with Crippen molar-refractivity contribution in [2.24, 2.45) is 0 Å². The second-order valence-electron chi connectivity index (χ2n) is 4.19. The molecule has 0 heterocycles. The van der Waals surface area contributed by atoms with Crippen LogP contribution in [-0.4, -0.2) is 19.3 Å². The van der Waals surface area contributed by atoms with Crippen LogP contribution in [0.1, 0.15) is 15.9 Å². The lowest BCUT2D eigenvalue weighted by Gasteiger charge is -2.10. The molecule has 0 aliphatic carbocycles. The van der Waals surface area contributed by atoms with Crippen LogP contribution < -0.4 is 5.32 Å². The minimum Gasteiger partial charge on any atom is -0.380 e. The molecule has 6 heteroatoms. The van der Waals surface area contributed by atoms with Crippen LogP contribution in [0.3, 0.4) is 0 Å². The average Bonchev–Trinajstić information content (AvgIpc) is 2.45. The molecule has 2 N–H and O–H groups in total. The Bertz CT molecular complexity index is 711. The third-order valence-corrected chi connectivity index (χ3v) is 3.64. The number of carbonyl (C=O) groups is 1. The van der Waals surface area contributed by atoms with Crippen LogP contribution in [0.5, 0.6) is 0 Å². The molecule has 2 rings (SSSR count). The third-order valence-electron chi connectivity index (χ3n) is 2.75. The number of hydrogen-bond donors (Lipinski definition) is 2. The van der Waals surface area contributed by atoms with Gasteiger partial charge in [-0.25, -0.2) is 0 Å². The van der Waals surface area contributed by atoms with Crippen molar-refractivity contribution in [1.29, 1.82) is 0 Å². The maximum Gasteiger partial charge on any atom is 0.296 e. The van der Waals surface area contributed by atoms with Crippen LogP contribution in [0.4, 0.5) is 5.69 Å². The standard InChI is InChI=1S/C14H13NO4S/c16-10-12-6-7-13(14(8-12)20(17,18)19)15-9-11-4-2-1-3-5-11/h1-8,10,15H,9H2,(H,17,18,19). The van der Waals surface area contributed by atoms with Crippen molar-refractivity contribution in [3.63, 3.8) is 0 Å². The minimum atomic E-state index is -4.39. The van der Waals surface area contributed by atoms with Gasteiger partial charge in [-0.2, -0.15) is 8.42 Å². The molecule has 2 aromatic carbocycles. The fourth-order valence-corrected chi connectivity index (χ4v) is 2.47. The van der Waals surface area contributed by atoms with E-state index in [4.69, 9.17) is 0 Å². The molecule has 0 aliphatic rings. The second kappa shape index (κ2) is 5.85. The highest BCUT2D eigenvalue weighted by Crippen LogP contribution is 2.22. The van der Waals surface area contributed by atoms with E-state index >= 15 is 0 Å². The maximum absolute atomic E-state index is 11.3. The smallest absolute Gasteiger partial charge is 0.296 e. The van der Waals surface area contributed by atoms with Crippen LogP contribution in [-0.2, 0) is 16.7 Å². The van der Waals surface area contributed by atoms with Gasteiger partial charge in [-0.05, 0) is 23.8 Å². The van der Waals surface area contributed by atoms with Gasteiger partial charge < -0.3 is 5.32 Å². The summed E-state index contributed by atoms with van der Waals surface area (Å²) >= 11 is 0. The molecule has 0 radical (unpaired) electrons. The number of hydrogen-bond acceptors (Lipinski definition) is 4. The summed E-state index contributed by atoms with van der Waals surface area (Å²) in [6.07, 6.45) is 0.523. The summed E-state index contributed by atoms with van der Waals surface area (Å²) in [5.74, 6) is 0.